The normalized spacial score (nSPS) is 11.4. The van der Waals surface area contributed by atoms with Crippen LogP contribution >= 0.6 is 0 Å². The molecule has 0 spiro atoms. The molecule has 2 aromatic carbocycles. The van der Waals surface area contributed by atoms with E-state index in [1.165, 1.54) is 36.5 Å². The molecule has 9 nitrogen and oxygen atoms in total. The fourth-order valence-electron chi connectivity index (χ4n) is 3.05. The highest BCUT2D eigenvalue weighted by molar-refractivity contribution is 6.14. The third-order valence-corrected chi connectivity index (χ3v) is 4.50. The lowest BCUT2D eigenvalue weighted by molar-refractivity contribution is -0.138. The summed E-state index contributed by atoms with van der Waals surface area (Å²) < 4.78 is 44.6. The molecule has 0 atom stereocenters. The molecular weight excluding hydrogens is 443 g/mol. The molecule has 0 saturated heterocycles. The number of fused-ring (bicyclic) bond motifs is 1. The Balaban J connectivity index is 1.68. The molecule has 0 bridgehead atoms. The number of amides is 1. The highest BCUT2D eigenvalue weighted by atomic mass is 19.4. The Morgan fingerprint density at radius 2 is 1.76 bits per heavy atom. The van der Waals surface area contributed by atoms with Crippen LogP contribution < -0.4 is 15.8 Å². The summed E-state index contributed by atoms with van der Waals surface area (Å²) in [5, 5.41) is 22.6. The number of nitrogens with two attached hydrogens (primary N) is 1. The lowest BCUT2D eigenvalue weighted by Crippen LogP contribution is -2.14. The Bertz CT molecular complexity index is 1380. The van der Waals surface area contributed by atoms with Gasteiger partial charge >= 0.3 is 6.18 Å². The number of halogens is 3. The van der Waals surface area contributed by atoms with E-state index in [1.54, 1.807) is 0 Å². The minimum atomic E-state index is -4.82. The molecule has 0 radical (unpaired) electrons. The number of aromatic hydroxyl groups is 2. The Hall–Kier alpha value is -4.61. The van der Waals surface area contributed by atoms with Gasteiger partial charge in [0.25, 0.3) is 5.91 Å². The zero-order chi connectivity index (χ0) is 23.8. The van der Waals surface area contributed by atoms with E-state index in [2.05, 4.69) is 20.3 Å². The molecule has 0 aliphatic heterocycles. The van der Waals surface area contributed by atoms with Gasteiger partial charge in [0.15, 0.2) is 5.75 Å². The predicted octanol–water partition coefficient (Wildman–Crippen LogP) is 4.08. The topological polar surface area (TPSA) is 143 Å². The third kappa shape index (κ3) is 4.39. The van der Waals surface area contributed by atoms with Gasteiger partial charge in [0.2, 0.25) is 17.7 Å². The second-order valence-corrected chi connectivity index (χ2v) is 6.68. The standard InChI is InChI=1S/C21H14F3N5O4/c22-21(23,24)11-2-1-3-13(18(11)31)28-19(32)17-10-4-7-15(27-12(10)5-6-14(17)30)33-16-8-9-26-20(25)29-16/h1-9,30-31H,(H,28,32)(H2,25,26,29). The van der Waals surface area contributed by atoms with Crippen molar-refractivity contribution in [2.45, 2.75) is 6.18 Å². The molecule has 0 aliphatic carbocycles. The molecule has 0 unspecified atom stereocenters. The maximum absolute atomic E-state index is 13.0. The van der Waals surface area contributed by atoms with E-state index in [0.29, 0.717) is 6.07 Å². The number of pyridine rings is 1. The fraction of sp³-hybridized carbons (Fsp3) is 0.0476. The Morgan fingerprint density at radius 3 is 2.48 bits per heavy atom. The number of nitrogens with zero attached hydrogens (tertiary/aromatic N) is 3. The van der Waals surface area contributed by atoms with Gasteiger partial charge in [-0.25, -0.2) is 9.97 Å². The van der Waals surface area contributed by atoms with E-state index < -0.39 is 34.8 Å². The molecule has 4 rings (SSSR count). The second kappa shape index (κ2) is 8.15. The van der Waals surface area contributed by atoms with Crippen molar-refractivity contribution in [3.05, 3.63) is 65.9 Å². The second-order valence-electron chi connectivity index (χ2n) is 6.68. The van der Waals surface area contributed by atoms with Crippen LogP contribution in [-0.2, 0) is 6.18 Å². The Labute approximate surface area is 183 Å². The van der Waals surface area contributed by atoms with Crippen molar-refractivity contribution >= 4 is 28.4 Å². The van der Waals surface area contributed by atoms with Crippen LogP contribution in [0.15, 0.2) is 54.7 Å². The molecule has 2 aromatic heterocycles. The largest absolute Gasteiger partial charge is 0.507 e. The van der Waals surface area contributed by atoms with Gasteiger partial charge in [0.1, 0.15) is 5.75 Å². The van der Waals surface area contributed by atoms with Gasteiger partial charge < -0.3 is 26.0 Å². The smallest absolute Gasteiger partial charge is 0.420 e. The zero-order valence-electron chi connectivity index (χ0n) is 16.5. The number of phenols is 2. The molecule has 168 valence electrons. The van der Waals surface area contributed by atoms with Crippen LogP contribution in [0, 0.1) is 0 Å². The number of nitrogens with one attached hydrogen (secondary N) is 1. The fourth-order valence-corrected chi connectivity index (χ4v) is 3.05. The van der Waals surface area contributed by atoms with Gasteiger partial charge in [-0.15, -0.1) is 0 Å². The molecule has 1 amide bonds. The third-order valence-electron chi connectivity index (χ3n) is 4.50. The Morgan fingerprint density at radius 1 is 1.00 bits per heavy atom. The molecule has 0 fully saturated rings. The first kappa shape index (κ1) is 21.6. The number of benzene rings is 2. The van der Waals surface area contributed by atoms with Crippen LogP contribution in [0.1, 0.15) is 15.9 Å². The number of hydrogen-bond acceptors (Lipinski definition) is 8. The van der Waals surface area contributed by atoms with Crippen LogP contribution in [0.2, 0.25) is 0 Å². The average Bonchev–Trinajstić information content (AvgIpc) is 2.74. The first-order valence-electron chi connectivity index (χ1n) is 9.23. The number of anilines is 2. The summed E-state index contributed by atoms with van der Waals surface area (Å²) in [5.74, 6) is -2.30. The van der Waals surface area contributed by atoms with Gasteiger partial charge in [-0.1, -0.05) is 6.07 Å². The summed E-state index contributed by atoms with van der Waals surface area (Å²) in [4.78, 5) is 24.7. The molecule has 0 saturated carbocycles. The highest BCUT2D eigenvalue weighted by Gasteiger charge is 2.35. The lowest BCUT2D eigenvalue weighted by Gasteiger charge is -2.14. The number of carbonyl (C=O) groups is 1. The SMILES string of the molecule is Nc1nccc(Oc2ccc3c(C(=O)Nc4cccc(C(F)(F)F)c4O)c(O)ccc3n2)n1. The first-order valence-corrected chi connectivity index (χ1v) is 9.23. The van der Waals surface area contributed by atoms with Crippen LogP contribution in [-0.4, -0.2) is 31.1 Å². The number of alkyl halides is 3. The number of hydrogen-bond donors (Lipinski definition) is 4. The van der Waals surface area contributed by atoms with Gasteiger partial charge in [0, 0.05) is 23.7 Å². The number of ether oxygens (including phenoxy) is 1. The number of rotatable bonds is 4. The summed E-state index contributed by atoms with van der Waals surface area (Å²) in [5.41, 5.74) is 3.71. The van der Waals surface area contributed by atoms with Gasteiger partial charge in [0.05, 0.1) is 22.3 Å². The quantitative estimate of drug-likeness (QED) is 0.336. The van der Waals surface area contributed by atoms with Crippen LogP contribution in [0.25, 0.3) is 10.9 Å². The number of phenolic OH excluding ortho intramolecular Hbond substituents is 2. The van der Waals surface area contributed by atoms with Crippen LogP contribution in [0.3, 0.4) is 0 Å². The number of nitrogen functional groups attached to an aromatic ring is 1. The Kier molecular flexibility index (Phi) is 5.34. The van der Waals surface area contributed by atoms with Crippen LogP contribution in [0.4, 0.5) is 24.8 Å². The number of para-hydroxylation sites is 1. The minimum absolute atomic E-state index is 0.00462. The van der Waals surface area contributed by atoms with Crippen molar-refractivity contribution in [2.75, 3.05) is 11.1 Å². The zero-order valence-corrected chi connectivity index (χ0v) is 16.5. The predicted molar refractivity (Wildman–Crippen MR) is 111 cm³/mol. The van der Waals surface area contributed by atoms with E-state index in [4.69, 9.17) is 10.5 Å². The molecule has 5 N–H and O–H groups in total. The van der Waals surface area contributed by atoms with E-state index in [-0.39, 0.29) is 34.2 Å². The van der Waals surface area contributed by atoms with Crippen molar-refractivity contribution in [1.82, 2.24) is 15.0 Å². The molecule has 0 aliphatic rings. The summed E-state index contributed by atoms with van der Waals surface area (Å²) in [6.07, 6.45) is -3.43. The number of aromatic nitrogens is 3. The van der Waals surface area contributed by atoms with E-state index in [1.807, 2.05) is 0 Å². The maximum atomic E-state index is 13.0. The number of carbonyl (C=O) groups excluding carboxylic acids is 1. The summed E-state index contributed by atoms with van der Waals surface area (Å²) >= 11 is 0. The van der Waals surface area contributed by atoms with Crippen molar-refractivity contribution in [2.24, 2.45) is 0 Å². The van der Waals surface area contributed by atoms with E-state index >= 15 is 0 Å². The molecule has 12 heteroatoms. The molecule has 33 heavy (non-hydrogen) atoms. The molecule has 2 heterocycles. The van der Waals surface area contributed by atoms with Crippen molar-refractivity contribution < 1.29 is 32.9 Å². The summed E-state index contributed by atoms with van der Waals surface area (Å²) in [7, 11) is 0. The van der Waals surface area contributed by atoms with Gasteiger partial charge in [-0.3, -0.25) is 4.79 Å². The lowest BCUT2D eigenvalue weighted by atomic mass is 10.1. The van der Waals surface area contributed by atoms with Crippen molar-refractivity contribution in [1.29, 1.82) is 0 Å². The summed E-state index contributed by atoms with van der Waals surface area (Å²) in [6, 6.07) is 9.72. The average molecular weight is 457 g/mol. The van der Waals surface area contributed by atoms with E-state index in [9.17, 15) is 28.2 Å². The minimum Gasteiger partial charge on any atom is -0.507 e. The van der Waals surface area contributed by atoms with Crippen molar-refractivity contribution in [3.63, 3.8) is 0 Å². The monoisotopic (exact) mass is 457 g/mol. The maximum Gasteiger partial charge on any atom is 0.420 e. The van der Waals surface area contributed by atoms with Gasteiger partial charge in [-0.05, 0) is 30.3 Å². The van der Waals surface area contributed by atoms with Crippen molar-refractivity contribution in [3.8, 4) is 23.3 Å². The molecular formula is C21H14F3N5O4. The highest BCUT2D eigenvalue weighted by Crippen LogP contribution is 2.40. The molecule has 4 aromatic rings. The first-order chi connectivity index (χ1) is 15.6. The van der Waals surface area contributed by atoms with E-state index in [0.717, 1.165) is 12.1 Å². The summed E-state index contributed by atoms with van der Waals surface area (Å²) in [6.45, 7) is 0. The van der Waals surface area contributed by atoms with Crippen LogP contribution in [0.5, 0.6) is 23.3 Å². The van der Waals surface area contributed by atoms with Gasteiger partial charge in [-0.2, -0.15) is 18.2 Å².